The number of carbonyl (C=O) groups excluding carboxylic acids is 2. The number of benzene rings is 2. The summed E-state index contributed by atoms with van der Waals surface area (Å²) in [5.41, 5.74) is 1.55. The number of hydrogen-bond acceptors (Lipinski definition) is 5. The molecular weight excluding hydrogens is 404 g/mol. The minimum atomic E-state index is -0.816. The number of nitrogens with one attached hydrogen (secondary N) is 1. The van der Waals surface area contributed by atoms with Crippen molar-refractivity contribution < 1.29 is 14.3 Å². The van der Waals surface area contributed by atoms with E-state index in [9.17, 15) is 9.59 Å². The molecule has 1 atom stereocenters. The first-order valence-electron chi connectivity index (χ1n) is 11.2. The zero-order chi connectivity index (χ0) is 22.6. The third-order valence-corrected chi connectivity index (χ3v) is 6.18. The number of likely N-dealkylation sites (N-methyl/N-ethyl adjacent to an activating group) is 1. The molecule has 1 spiro atoms. The molecule has 0 aliphatic carbocycles. The van der Waals surface area contributed by atoms with Crippen LogP contribution < -0.4 is 10.1 Å². The van der Waals surface area contributed by atoms with Crippen LogP contribution in [0.1, 0.15) is 24.0 Å². The van der Waals surface area contributed by atoms with Gasteiger partial charge in [0.05, 0.1) is 6.67 Å². The van der Waals surface area contributed by atoms with Gasteiger partial charge in [-0.15, -0.1) is 0 Å². The van der Waals surface area contributed by atoms with Gasteiger partial charge in [-0.05, 0) is 56.6 Å². The van der Waals surface area contributed by atoms with Crippen molar-refractivity contribution in [3.63, 3.8) is 0 Å². The molecule has 1 unspecified atom stereocenters. The van der Waals surface area contributed by atoms with Crippen molar-refractivity contribution in [1.82, 2.24) is 20.0 Å². The first kappa shape index (κ1) is 22.3. The molecule has 2 saturated heterocycles. The van der Waals surface area contributed by atoms with Crippen LogP contribution in [0.2, 0.25) is 0 Å². The average molecular weight is 437 g/mol. The zero-order valence-corrected chi connectivity index (χ0v) is 18.9. The van der Waals surface area contributed by atoms with E-state index in [1.165, 1.54) is 10.5 Å². The van der Waals surface area contributed by atoms with Gasteiger partial charge >= 0.3 is 6.03 Å². The van der Waals surface area contributed by atoms with Crippen LogP contribution in [0.3, 0.4) is 0 Å². The maximum Gasteiger partial charge on any atom is 0.326 e. The fourth-order valence-electron chi connectivity index (χ4n) is 4.54. The summed E-state index contributed by atoms with van der Waals surface area (Å²) in [7, 11) is 1.90. The van der Waals surface area contributed by atoms with E-state index in [0.29, 0.717) is 26.1 Å². The van der Waals surface area contributed by atoms with E-state index in [1.54, 1.807) is 0 Å². The van der Waals surface area contributed by atoms with Crippen molar-refractivity contribution in [2.45, 2.75) is 31.8 Å². The molecule has 2 fully saturated rings. The summed E-state index contributed by atoms with van der Waals surface area (Å²) in [6.07, 6.45) is 1.56. The van der Waals surface area contributed by atoms with Crippen LogP contribution in [0.4, 0.5) is 4.79 Å². The number of carbonyl (C=O) groups is 2. The molecule has 7 heteroatoms. The molecule has 32 heavy (non-hydrogen) atoms. The Morgan fingerprint density at radius 1 is 1.12 bits per heavy atom. The van der Waals surface area contributed by atoms with E-state index < -0.39 is 5.54 Å². The Hall–Kier alpha value is -2.90. The summed E-state index contributed by atoms with van der Waals surface area (Å²) in [4.78, 5) is 31.6. The summed E-state index contributed by atoms with van der Waals surface area (Å²) < 4.78 is 5.80. The van der Waals surface area contributed by atoms with Gasteiger partial charge in [-0.1, -0.05) is 42.5 Å². The normalized spacial score (nSPS) is 21.4. The number of aryl methyl sites for hydroxylation is 1. The topological polar surface area (TPSA) is 65.1 Å². The fraction of sp³-hybridized carbons (Fsp3) is 0.440. The Labute approximate surface area is 189 Å². The highest BCUT2D eigenvalue weighted by Gasteiger charge is 2.53. The smallest absolute Gasteiger partial charge is 0.326 e. The van der Waals surface area contributed by atoms with Crippen molar-refractivity contribution in [2.75, 3.05) is 40.0 Å². The minimum Gasteiger partial charge on any atom is -0.492 e. The van der Waals surface area contributed by atoms with Gasteiger partial charge in [-0.25, -0.2) is 9.69 Å². The molecule has 4 rings (SSSR count). The second-order valence-electron chi connectivity index (χ2n) is 8.93. The predicted octanol–water partition coefficient (Wildman–Crippen LogP) is 2.85. The van der Waals surface area contributed by atoms with Crippen LogP contribution in [0.15, 0.2) is 54.6 Å². The Morgan fingerprint density at radius 2 is 1.94 bits per heavy atom. The molecule has 2 aromatic rings. The Balaban J connectivity index is 1.31. The summed E-state index contributed by atoms with van der Waals surface area (Å²) >= 11 is 0. The lowest BCUT2D eigenvalue weighted by molar-refractivity contribution is -0.134. The van der Waals surface area contributed by atoms with Gasteiger partial charge in [-0.2, -0.15) is 0 Å². The molecule has 170 valence electrons. The van der Waals surface area contributed by atoms with Gasteiger partial charge < -0.3 is 10.1 Å². The second kappa shape index (κ2) is 9.71. The Kier molecular flexibility index (Phi) is 6.77. The predicted molar refractivity (Wildman–Crippen MR) is 123 cm³/mol. The summed E-state index contributed by atoms with van der Waals surface area (Å²) in [5, 5.41) is 3.02. The SMILES string of the molecule is Cc1cccc(OCCN(C)CN2C(=O)NC3(CCCN(Cc4ccccc4)C3)C2=O)c1. The fourth-order valence-corrected chi connectivity index (χ4v) is 4.54. The Bertz CT molecular complexity index is 951. The van der Waals surface area contributed by atoms with Crippen LogP contribution in [0, 0.1) is 6.92 Å². The number of hydrogen-bond donors (Lipinski definition) is 1. The van der Waals surface area contributed by atoms with E-state index in [1.807, 2.05) is 61.3 Å². The van der Waals surface area contributed by atoms with Gasteiger partial charge in [0.15, 0.2) is 0 Å². The number of imide groups is 1. The average Bonchev–Trinajstić information content (AvgIpc) is 2.98. The molecule has 2 heterocycles. The monoisotopic (exact) mass is 436 g/mol. The molecule has 2 aliphatic rings. The van der Waals surface area contributed by atoms with E-state index >= 15 is 0 Å². The number of ether oxygens (including phenoxy) is 1. The van der Waals surface area contributed by atoms with Crippen molar-refractivity contribution in [2.24, 2.45) is 0 Å². The maximum absolute atomic E-state index is 13.3. The lowest BCUT2D eigenvalue weighted by Crippen LogP contribution is -2.58. The highest BCUT2D eigenvalue weighted by Crippen LogP contribution is 2.29. The number of piperidine rings is 1. The van der Waals surface area contributed by atoms with Gasteiger partial charge in [0.1, 0.15) is 17.9 Å². The second-order valence-corrected chi connectivity index (χ2v) is 8.93. The number of likely N-dealkylation sites (tertiary alicyclic amines) is 1. The summed E-state index contributed by atoms with van der Waals surface area (Å²) in [6, 6.07) is 17.8. The van der Waals surface area contributed by atoms with Gasteiger partial charge in [-0.3, -0.25) is 14.6 Å². The van der Waals surface area contributed by atoms with Gasteiger partial charge in [0.2, 0.25) is 0 Å². The number of nitrogens with zero attached hydrogens (tertiary/aromatic N) is 3. The molecule has 1 N–H and O–H groups in total. The van der Waals surface area contributed by atoms with Crippen molar-refractivity contribution in [3.05, 3.63) is 65.7 Å². The van der Waals surface area contributed by atoms with Gasteiger partial charge in [0.25, 0.3) is 5.91 Å². The summed E-state index contributed by atoms with van der Waals surface area (Å²) in [6.45, 7) is 5.62. The molecule has 2 aliphatic heterocycles. The molecule has 2 aromatic carbocycles. The first-order valence-corrected chi connectivity index (χ1v) is 11.2. The van der Waals surface area contributed by atoms with Crippen LogP contribution >= 0.6 is 0 Å². The number of urea groups is 1. The molecule has 7 nitrogen and oxygen atoms in total. The summed E-state index contributed by atoms with van der Waals surface area (Å²) in [5.74, 6) is 0.708. The quantitative estimate of drug-likeness (QED) is 0.645. The number of amides is 3. The van der Waals surface area contributed by atoms with Gasteiger partial charge in [0, 0.05) is 19.6 Å². The van der Waals surface area contributed by atoms with E-state index in [2.05, 4.69) is 22.3 Å². The first-order chi connectivity index (χ1) is 15.4. The third-order valence-electron chi connectivity index (χ3n) is 6.18. The highest BCUT2D eigenvalue weighted by atomic mass is 16.5. The van der Waals surface area contributed by atoms with Crippen LogP contribution in [-0.2, 0) is 11.3 Å². The Morgan fingerprint density at radius 3 is 2.72 bits per heavy atom. The van der Waals surface area contributed by atoms with Crippen LogP contribution in [-0.4, -0.2) is 72.1 Å². The van der Waals surface area contributed by atoms with Crippen molar-refractivity contribution >= 4 is 11.9 Å². The minimum absolute atomic E-state index is 0.119. The molecule has 0 aromatic heterocycles. The highest BCUT2D eigenvalue weighted by molar-refractivity contribution is 6.07. The third kappa shape index (κ3) is 5.11. The number of rotatable bonds is 8. The molecule has 3 amide bonds. The largest absolute Gasteiger partial charge is 0.492 e. The molecule has 0 saturated carbocycles. The van der Waals surface area contributed by atoms with Crippen molar-refractivity contribution in [1.29, 1.82) is 0 Å². The van der Waals surface area contributed by atoms with E-state index in [4.69, 9.17) is 4.74 Å². The lowest BCUT2D eigenvalue weighted by Gasteiger charge is -2.38. The zero-order valence-electron chi connectivity index (χ0n) is 18.9. The van der Waals surface area contributed by atoms with Crippen LogP contribution in [0.5, 0.6) is 5.75 Å². The maximum atomic E-state index is 13.3. The van der Waals surface area contributed by atoms with Crippen molar-refractivity contribution in [3.8, 4) is 5.75 Å². The van der Waals surface area contributed by atoms with E-state index in [0.717, 1.165) is 30.8 Å². The molecular formula is C25H32N4O3. The lowest BCUT2D eigenvalue weighted by atomic mass is 9.88. The standard InChI is InChI=1S/C25H32N4O3/c1-20-8-6-11-22(16-20)32-15-14-27(2)19-29-23(30)25(26-24(29)31)12-7-13-28(18-25)17-21-9-4-3-5-10-21/h3-6,8-11,16H,7,12-15,17-19H2,1-2H3,(H,26,31). The molecule has 0 radical (unpaired) electrons. The molecule has 0 bridgehead atoms. The van der Waals surface area contributed by atoms with E-state index in [-0.39, 0.29) is 18.6 Å². The van der Waals surface area contributed by atoms with Crippen LogP contribution in [0.25, 0.3) is 0 Å².